The lowest BCUT2D eigenvalue weighted by Crippen LogP contribution is -2.48. The van der Waals surface area contributed by atoms with Crippen molar-refractivity contribution in [2.24, 2.45) is 0 Å². The van der Waals surface area contributed by atoms with Crippen LogP contribution in [0, 0.1) is 0 Å². The zero-order valence-corrected chi connectivity index (χ0v) is 16.3. The van der Waals surface area contributed by atoms with E-state index >= 15 is 0 Å². The Morgan fingerprint density at radius 2 is 2.08 bits per heavy atom. The Labute approximate surface area is 160 Å². The molecule has 0 radical (unpaired) electrons. The Kier molecular flexibility index (Phi) is 5.23. The molecule has 0 spiro atoms. The van der Waals surface area contributed by atoms with Gasteiger partial charge in [-0.2, -0.15) is 4.52 Å². The highest BCUT2D eigenvalue weighted by Gasteiger charge is 2.32. The van der Waals surface area contributed by atoms with E-state index in [0.29, 0.717) is 0 Å². The predicted molar refractivity (Wildman–Crippen MR) is 103 cm³/mol. The van der Waals surface area contributed by atoms with Gasteiger partial charge < -0.3 is 10.2 Å². The molecule has 0 aliphatic carbocycles. The molecule has 2 N–H and O–H groups in total. The maximum Gasteiger partial charge on any atom is 0.230 e. The summed E-state index contributed by atoms with van der Waals surface area (Å²) in [6.45, 7) is 6.57. The molecule has 0 aromatic carbocycles. The molecular formula is C17H23N5O2S2. The van der Waals surface area contributed by atoms with E-state index in [4.69, 9.17) is 5.11 Å². The standard InChI is InChI=1S/C17H23N5O2S2/c1-2-13-18-17-22(19-13)16(24)15(26-17)14(12-4-3-11-25-12)21-7-5-20(6-8-21)9-10-23/h3-4,11,14,23-24H,2,5-10H2,1H3. The maximum absolute atomic E-state index is 10.8. The van der Waals surface area contributed by atoms with Crippen LogP contribution in [-0.2, 0) is 6.42 Å². The van der Waals surface area contributed by atoms with Crippen LogP contribution in [-0.4, -0.2) is 73.9 Å². The van der Waals surface area contributed by atoms with Crippen molar-refractivity contribution in [2.75, 3.05) is 39.3 Å². The van der Waals surface area contributed by atoms with Gasteiger partial charge in [0.25, 0.3) is 0 Å². The summed E-state index contributed by atoms with van der Waals surface area (Å²) in [6.07, 6.45) is 0.754. The Bertz CT molecular complexity index is 852. The molecule has 3 aromatic heterocycles. The summed E-state index contributed by atoms with van der Waals surface area (Å²) in [7, 11) is 0. The van der Waals surface area contributed by atoms with Gasteiger partial charge in [-0.1, -0.05) is 24.3 Å². The third-order valence-electron chi connectivity index (χ3n) is 4.81. The second kappa shape index (κ2) is 7.61. The normalized spacial score (nSPS) is 17.9. The van der Waals surface area contributed by atoms with Crippen molar-refractivity contribution >= 4 is 27.6 Å². The average Bonchev–Trinajstić information content (AvgIpc) is 3.37. The second-order valence-electron chi connectivity index (χ2n) is 6.39. The Hall–Kier alpha value is -1.52. The molecule has 1 aliphatic rings. The topological polar surface area (TPSA) is 77.1 Å². The minimum absolute atomic E-state index is 0.0184. The van der Waals surface area contributed by atoms with E-state index in [-0.39, 0.29) is 18.5 Å². The summed E-state index contributed by atoms with van der Waals surface area (Å²) in [5.74, 6) is 0.955. The summed E-state index contributed by atoms with van der Waals surface area (Å²) >= 11 is 3.23. The molecule has 1 aliphatic heterocycles. The fourth-order valence-electron chi connectivity index (χ4n) is 3.43. The molecule has 0 saturated carbocycles. The molecule has 1 unspecified atom stereocenters. The van der Waals surface area contributed by atoms with Crippen LogP contribution < -0.4 is 0 Å². The number of thiazole rings is 1. The van der Waals surface area contributed by atoms with Gasteiger partial charge in [-0.05, 0) is 11.4 Å². The van der Waals surface area contributed by atoms with E-state index in [9.17, 15) is 5.11 Å². The number of thiophene rings is 1. The van der Waals surface area contributed by atoms with Crippen LogP contribution in [0.1, 0.15) is 28.5 Å². The van der Waals surface area contributed by atoms with E-state index in [1.165, 1.54) is 16.2 Å². The SMILES string of the molecule is CCc1nc2sc(C(c3cccs3)N3CCN(CCO)CC3)c(O)n2n1. The number of piperazine rings is 1. The fourth-order valence-corrected chi connectivity index (χ4v) is 5.50. The number of aryl methyl sites for hydroxylation is 1. The van der Waals surface area contributed by atoms with E-state index in [0.717, 1.165) is 54.8 Å². The molecule has 1 fully saturated rings. The molecule has 4 rings (SSSR count). The highest BCUT2D eigenvalue weighted by atomic mass is 32.1. The van der Waals surface area contributed by atoms with Gasteiger partial charge in [-0.25, -0.2) is 4.98 Å². The van der Waals surface area contributed by atoms with Crippen molar-refractivity contribution in [2.45, 2.75) is 19.4 Å². The van der Waals surface area contributed by atoms with E-state index in [2.05, 4.69) is 37.4 Å². The lowest BCUT2D eigenvalue weighted by molar-refractivity contribution is 0.0954. The van der Waals surface area contributed by atoms with Crippen molar-refractivity contribution in [1.29, 1.82) is 0 Å². The molecule has 4 heterocycles. The fraction of sp³-hybridized carbons (Fsp3) is 0.529. The van der Waals surface area contributed by atoms with Crippen LogP contribution in [0.15, 0.2) is 17.5 Å². The van der Waals surface area contributed by atoms with Crippen molar-refractivity contribution < 1.29 is 10.2 Å². The van der Waals surface area contributed by atoms with Crippen LogP contribution >= 0.6 is 22.7 Å². The number of hydrogen-bond donors (Lipinski definition) is 2. The molecule has 26 heavy (non-hydrogen) atoms. The Morgan fingerprint density at radius 3 is 2.69 bits per heavy atom. The summed E-state index contributed by atoms with van der Waals surface area (Å²) in [5, 5.41) is 26.5. The number of aromatic nitrogens is 3. The first kappa shape index (κ1) is 17.9. The molecule has 7 nitrogen and oxygen atoms in total. The summed E-state index contributed by atoms with van der Waals surface area (Å²) < 4.78 is 1.57. The number of hydrogen-bond acceptors (Lipinski definition) is 8. The number of rotatable bonds is 6. The molecule has 140 valence electrons. The first-order chi connectivity index (χ1) is 12.7. The summed E-state index contributed by atoms with van der Waals surface area (Å²) in [5.41, 5.74) is 0. The second-order valence-corrected chi connectivity index (χ2v) is 8.37. The van der Waals surface area contributed by atoms with Crippen LogP contribution in [0.2, 0.25) is 0 Å². The van der Waals surface area contributed by atoms with Gasteiger partial charge in [0, 0.05) is 44.0 Å². The van der Waals surface area contributed by atoms with Gasteiger partial charge in [0.05, 0.1) is 17.5 Å². The Morgan fingerprint density at radius 1 is 1.27 bits per heavy atom. The van der Waals surface area contributed by atoms with E-state index in [1.807, 2.05) is 6.92 Å². The highest BCUT2D eigenvalue weighted by Crippen LogP contribution is 2.41. The smallest absolute Gasteiger partial charge is 0.230 e. The zero-order valence-electron chi connectivity index (χ0n) is 14.7. The van der Waals surface area contributed by atoms with Gasteiger partial charge in [0.2, 0.25) is 10.8 Å². The predicted octanol–water partition coefficient (Wildman–Crippen LogP) is 1.82. The van der Waals surface area contributed by atoms with Crippen molar-refractivity contribution in [3.63, 3.8) is 0 Å². The van der Waals surface area contributed by atoms with Crippen molar-refractivity contribution in [1.82, 2.24) is 24.4 Å². The minimum Gasteiger partial charge on any atom is -0.492 e. The van der Waals surface area contributed by atoms with Gasteiger partial charge in [-0.15, -0.1) is 16.4 Å². The highest BCUT2D eigenvalue weighted by molar-refractivity contribution is 7.17. The summed E-state index contributed by atoms with van der Waals surface area (Å²) in [4.78, 5) is 12.1. The largest absolute Gasteiger partial charge is 0.492 e. The maximum atomic E-state index is 10.8. The number of aromatic hydroxyl groups is 1. The lowest BCUT2D eigenvalue weighted by Gasteiger charge is -2.38. The third-order valence-corrected chi connectivity index (χ3v) is 6.81. The van der Waals surface area contributed by atoms with Gasteiger partial charge in [0.1, 0.15) is 0 Å². The van der Waals surface area contributed by atoms with Gasteiger partial charge >= 0.3 is 0 Å². The van der Waals surface area contributed by atoms with Crippen LogP contribution in [0.3, 0.4) is 0 Å². The molecule has 1 atom stereocenters. The molecule has 0 amide bonds. The van der Waals surface area contributed by atoms with Gasteiger partial charge in [-0.3, -0.25) is 9.80 Å². The van der Waals surface area contributed by atoms with Gasteiger partial charge in [0.15, 0.2) is 5.82 Å². The number of aliphatic hydroxyl groups is 1. The molecule has 1 saturated heterocycles. The first-order valence-corrected chi connectivity index (χ1v) is 10.6. The third kappa shape index (κ3) is 3.25. The number of nitrogens with zero attached hydrogens (tertiary/aromatic N) is 5. The van der Waals surface area contributed by atoms with Crippen LogP contribution in [0.25, 0.3) is 4.96 Å². The van der Waals surface area contributed by atoms with Crippen LogP contribution in [0.4, 0.5) is 0 Å². The number of aliphatic hydroxyl groups excluding tert-OH is 1. The molecule has 0 bridgehead atoms. The summed E-state index contributed by atoms with van der Waals surface area (Å²) in [6, 6.07) is 4.20. The molecular weight excluding hydrogens is 370 g/mol. The first-order valence-electron chi connectivity index (χ1n) is 8.89. The molecule has 3 aromatic rings. The monoisotopic (exact) mass is 393 g/mol. The zero-order chi connectivity index (χ0) is 18.1. The van der Waals surface area contributed by atoms with Crippen molar-refractivity contribution in [3.8, 4) is 5.88 Å². The quantitative estimate of drug-likeness (QED) is 0.665. The van der Waals surface area contributed by atoms with E-state index in [1.54, 1.807) is 15.9 Å². The molecule has 9 heteroatoms. The number of β-amino-alcohol motifs (C(OH)–C–C–N with tert-alkyl or cyclic N) is 1. The van der Waals surface area contributed by atoms with Crippen molar-refractivity contribution in [3.05, 3.63) is 33.1 Å². The Balaban J connectivity index is 1.67. The minimum atomic E-state index is 0.0184. The lowest BCUT2D eigenvalue weighted by atomic mass is 10.1. The number of fused-ring (bicyclic) bond motifs is 1. The average molecular weight is 394 g/mol. The van der Waals surface area contributed by atoms with E-state index < -0.39 is 0 Å². The van der Waals surface area contributed by atoms with Crippen LogP contribution in [0.5, 0.6) is 5.88 Å².